The van der Waals surface area contributed by atoms with Gasteiger partial charge in [-0.1, -0.05) is 26.8 Å². The number of aliphatic hydroxyl groups is 1. The molecule has 0 bridgehead atoms. The lowest BCUT2D eigenvalue weighted by atomic mass is 9.94. The summed E-state index contributed by atoms with van der Waals surface area (Å²) in [7, 11) is 0. The number of amides is 1. The van der Waals surface area contributed by atoms with E-state index in [0.717, 1.165) is 25.1 Å². The maximum Gasteiger partial charge on any atom is 0.295 e. The number of hydrogen-bond donors (Lipinski definition) is 2. The van der Waals surface area contributed by atoms with Gasteiger partial charge in [-0.25, -0.2) is 0 Å². The van der Waals surface area contributed by atoms with Gasteiger partial charge >= 0.3 is 0 Å². The quantitative estimate of drug-likeness (QED) is 0.244. The molecular formula is C29H38N2O6. The number of aromatic hydroxyl groups is 1. The molecule has 1 aliphatic rings. The summed E-state index contributed by atoms with van der Waals surface area (Å²) in [6.45, 7) is 13.2. The largest absolute Gasteiger partial charge is 0.507 e. The standard InChI is InChI=1S/C29H38N2O6/c1-6-16-37-23-13-11-21(17-19(23)5)27(33)25-26(20-10-12-22(32)24(18-20)36-9-4)31(29(35)28(25)34)15-14-30(7-2)8-3/h10-13,17-18,26,32-33H,6-9,14-16H2,1-5H3/b27-25-. The molecule has 37 heavy (non-hydrogen) atoms. The van der Waals surface area contributed by atoms with Gasteiger partial charge in [0.1, 0.15) is 11.5 Å². The molecule has 2 aromatic rings. The predicted molar refractivity (Wildman–Crippen MR) is 143 cm³/mol. The van der Waals surface area contributed by atoms with Crippen LogP contribution in [0, 0.1) is 6.92 Å². The first-order valence-electron chi connectivity index (χ1n) is 13.0. The summed E-state index contributed by atoms with van der Waals surface area (Å²) >= 11 is 0. The molecule has 0 spiro atoms. The minimum atomic E-state index is -0.827. The van der Waals surface area contributed by atoms with Gasteiger partial charge in [0.25, 0.3) is 11.7 Å². The van der Waals surface area contributed by atoms with Crippen LogP contribution in [0.3, 0.4) is 0 Å². The Kier molecular flexibility index (Phi) is 9.58. The first-order chi connectivity index (χ1) is 17.8. The highest BCUT2D eigenvalue weighted by Crippen LogP contribution is 2.42. The zero-order valence-corrected chi connectivity index (χ0v) is 22.4. The Balaban J connectivity index is 2.12. The Morgan fingerprint density at radius 3 is 2.35 bits per heavy atom. The minimum absolute atomic E-state index is 0.0133. The zero-order valence-electron chi connectivity index (χ0n) is 22.4. The van der Waals surface area contributed by atoms with E-state index in [1.54, 1.807) is 37.3 Å². The molecule has 1 atom stereocenters. The van der Waals surface area contributed by atoms with E-state index >= 15 is 0 Å². The molecule has 0 aliphatic carbocycles. The molecule has 1 aliphatic heterocycles. The van der Waals surface area contributed by atoms with Crippen molar-refractivity contribution < 1.29 is 29.3 Å². The Labute approximate surface area is 219 Å². The number of ketones is 1. The number of benzene rings is 2. The number of phenolic OH excluding ortho intramolecular Hbond substituents is 1. The number of nitrogens with zero attached hydrogens (tertiary/aromatic N) is 2. The molecule has 8 nitrogen and oxygen atoms in total. The van der Waals surface area contributed by atoms with Crippen molar-refractivity contribution in [3.8, 4) is 17.2 Å². The van der Waals surface area contributed by atoms with E-state index in [-0.39, 0.29) is 22.8 Å². The lowest BCUT2D eigenvalue weighted by molar-refractivity contribution is -0.140. The van der Waals surface area contributed by atoms with Gasteiger partial charge in [-0.3, -0.25) is 9.59 Å². The molecule has 3 rings (SSSR count). The van der Waals surface area contributed by atoms with Crippen LogP contribution in [-0.4, -0.2) is 71.1 Å². The predicted octanol–water partition coefficient (Wildman–Crippen LogP) is 4.65. The number of aliphatic hydroxyl groups excluding tert-OH is 1. The third-order valence-corrected chi connectivity index (χ3v) is 6.60. The highest BCUT2D eigenvalue weighted by Gasteiger charge is 2.46. The summed E-state index contributed by atoms with van der Waals surface area (Å²) in [6.07, 6.45) is 0.870. The number of likely N-dealkylation sites (N-methyl/N-ethyl adjacent to an activating group) is 1. The van der Waals surface area contributed by atoms with E-state index in [9.17, 15) is 19.8 Å². The molecule has 200 valence electrons. The maximum atomic E-state index is 13.3. The van der Waals surface area contributed by atoms with Gasteiger partial charge in [0, 0.05) is 18.7 Å². The number of aryl methyl sites for hydroxylation is 1. The summed E-state index contributed by atoms with van der Waals surface area (Å²) in [4.78, 5) is 30.3. The smallest absolute Gasteiger partial charge is 0.295 e. The second kappa shape index (κ2) is 12.6. The van der Waals surface area contributed by atoms with Gasteiger partial charge in [-0.2, -0.15) is 0 Å². The number of carbonyl (C=O) groups is 2. The fraction of sp³-hybridized carbons (Fsp3) is 0.448. The maximum absolute atomic E-state index is 13.3. The average molecular weight is 511 g/mol. The SMILES string of the molecule is CCCOc1ccc(/C(O)=C2/C(=O)C(=O)N(CCN(CC)CC)C2c2ccc(O)c(OCC)c2)cc1C. The highest BCUT2D eigenvalue weighted by atomic mass is 16.5. The second-order valence-corrected chi connectivity index (χ2v) is 9.01. The third-order valence-electron chi connectivity index (χ3n) is 6.60. The van der Waals surface area contributed by atoms with Crippen molar-refractivity contribution in [2.45, 2.75) is 47.1 Å². The molecule has 0 radical (unpaired) electrons. The normalized spacial score (nSPS) is 17.0. The molecule has 1 amide bonds. The van der Waals surface area contributed by atoms with Gasteiger partial charge < -0.3 is 29.5 Å². The van der Waals surface area contributed by atoms with Crippen molar-refractivity contribution in [2.75, 3.05) is 39.4 Å². The summed E-state index contributed by atoms with van der Waals surface area (Å²) in [5, 5.41) is 21.6. The lowest BCUT2D eigenvalue weighted by Crippen LogP contribution is -2.38. The van der Waals surface area contributed by atoms with Gasteiger partial charge in [0.05, 0.1) is 24.8 Å². The van der Waals surface area contributed by atoms with E-state index < -0.39 is 17.7 Å². The summed E-state index contributed by atoms with van der Waals surface area (Å²) in [5.41, 5.74) is 1.82. The van der Waals surface area contributed by atoms with E-state index in [2.05, 4.69) is 4.90 Å². The highest BCUT2D eigenvalue weighted by molar-refractivity contribution is 6.46. The van der Waals surface area contributed by atoms with Crippen molar-refractivity contribution in [3.05, 3.63) is 58.7 Å². The number of Topliss-reactive ketones (excluding diaryl/α,β-unsaturated/α-hetero) is 1. The van der Waals surface area contributed by atoms with Crippen LogP contribution in [0.4, 0.5) is 0 Å². The fourth-order valence-electron chi connectivity index (χ4n) is 4.54. The van der Waals surface area contributed by atoms with Crippen LogP contribution in [-0.2, 0) is 9.59 Å². The summed E-state index contributed by atoms with van der Waals surface area (Å²) < 4.78 is 11.3. The Morgan fingerprint density at radius 2 is 1.73 bits per heavy atom. The van der Waals surface area contributed by atoms with Crippen LogP contribution in [0.2, 0.25) is 0 Å². The van der Waals surface area contributed by atoms with E-state index in [1.165, 1.54) is 11.0 Å². The third kappa shape index (κ3) is 6.07. The first-order valence-corrected chi connectivity index (χ1v) is 13.0. The molecule has 0 aromatic heterocycles. The van der Waals surface area contributed by atoms with Gasteiger partial charge in [-0.15, -0.1) is 0 Å². The van der Waals surface area contributed by atoms with E-state index in [0.29, 0.717) is 43.2 Å². The first kappa shape index (κ1) is 28.1. The monoisotopic (exact) mass is 510 g/mol. The number of carbonyl (C=O) groups excluding carboxylic acids is 2. The van der Waals surface area contributed by atoms with Crippen LogP contribution in [0.1, 0.15) is 56.8 Å². The van der Waals surface area contributed by atoms with Gasteiger partial charge in [0.15, 0.2) is 11.5 Å². The van der Waals surface area contributed by atoms with Crippen LogP contribution in [0.25, 0.3) is 5.76 Å². The molecule has 2 aromatic carbocycles. The van der Waals surface area contributed by atoms with Crippen molar-refractivity contribution in [1.29, 1.82) is 0 Å². The average Bonchev–Trinajstić information content (AvgIpc) is 3.14. The molecule has 0 saturated carbocycles. The van der Waals surface area contributed by atoms with Crippen molar-refractivity contribution in [1.82, 2.24) is 9.80 Å². The summed E-state index contributed by atoms with van der Waals surface area (Å²) in [5.74, 6) is -0.729. The van der Waals surface area contributed by atoms with E-state index in [4.69, 9.17) is 9.47 Å². The molecule has 1 saturated heterocycles. The molecule has 1 unspecified atom stereocenters. The number of rotatable bonds is 12. The van der Waals surface area contributed by atoms with Crippen LogP contribution in [0.15, 0.2) is 42.0 Å². The van der Waals surface area contributed by atoms with E-state index in [1.807, 2.05) is 27.7 Å². The van der Waals surface area contributed by atoms with Gasteiger partial charge in [0.2, 0.25) is 0 Å². The molecule has 2 N–H and O–H groups in total. The molecule has 8 heteroatoms. The molecular weight excluding hydrogens is 472 g/mol. The second-order valence-electron chi connectivity index (χ2n) is 9.01. The number of likely N-dealkylation sites (tertiary alicyclic amines) is 1. The molecule has 1 heterocycles. The van der Waals surface area contributed by atoms with Crippen molar-refractivity contribution in [3.63, 3.8) is 0 Å². The van der Waals surface area contributed by atoms with Crippen LogP contribution in [0.5, 0.6) is 17.2 Å². The van der Waals surface area contributed by atoms with Crippen LogP contribution < -0.4 is 9.47 Å². The number of hydrogen-bond acceptors (Lipinski definition) is 7. The lowest BCUT2D eigenvalue weighted by Gasteiger charge is -2.28. The minimum Gasteiger partial charge on any atom is -0.507 e. The van der Waals surface area contributed by atoms with Crippen LogP contribution >= 0.6 is 0 Å². The zero-order chi connectivity index (χ0) is 27.1. The fourth-order valence-corrected chi connectivity index (χ4v) is 4.54. The summed E-state index contributed by atoms with van der Waals surface area (Å²) in [6, 6.07) is 9.14. The van der Waals surface area contributed by atoms with Gasteiger partial charge in [-0.05, 0) is 74.8 Å². The van der Waals surface area contributed by atoms with Crippen molar-refractivity contribution in [2.24, 2.45) is 0 Å². The number of ether oxygens (including phenoxy) is 2. The Hall–Kier alpha value is -3.52. The molecule has 1 fully saturated rings. The topological polar surface area (TPSA) is 99.5 Å². The number of phenols is 1. The Morgan fingerprint density at radius 1 is 1.00 bits per heavy atom. The van der Waals surface area contributed by atoms with Crippen molar-refractivity contribution >= 4 is 17.4 Å². The Bertz CT molecular complexity index is 1160.